The first kappa shape index (κ1) is 18.7. The zero-order chi connectivity index (χ0) is 18.9. The van der Waals surface area contributed by atoms with Crippen LogP contribution in [0.15, 0.2) is 76.9 Å². The van der Waals surface area contributed by atoms with Gasteiger partial charge in [0.25, 0.3) is 0 Å². The van der Waals surface area contributed by atoms with Crippen LogP contribution in [0.25, 0.3) is 17.0 Å². The number of carbonyl (C=O) groups excluding carboxylic acids is 1. The lowest BCUT2D eigenvalue weighted by atomic mass is 10.2. The minimum atomic E-state index is -0.171. The quantitative estimate of drug-likeness (QED) is 0.382. The fourth-order valence-corrected chi connectivity index (χ4v) is 3.30. The van der Waals surface area contributed by atoms with E-state index in [2.05, 4.69) is 15.5 Å². The first-order valence-corrected chi connectivity index (χ1v) is 9.34. The molecule has 1 heterocycles. The van der Waals surface area contributed by atoms with Crippen LogP contribution < -0.4 is 10.2 Å². The molecule has 0 fully saturated rings. The van der Waals surface area contributed by atoms with Gasteiger partial charge >= 0.3 is 0 Å². The Morgan fingerprint density at radius 3 is 2.93 bits per heavy atom. The summed E-state index contributed by atoms with van der Waals surface area (Å²) >= 11 is 1.44. The summed E-state index contributed by atoms with van der Waals surface area (Å²) in [6.07, 6.45) is 6.91. The molecule has 3 aromatic rings. The fraction of sp³-hybridized carbons (Fsp3) is 0.0952. The van der Waals surface area contributed by atoms with Crippen molar-refractivity contribution in [3.05, 3.63) is 72.4 Å². The van der Waals surface area contributed by atoms with Crippen LogP contribution in [0.2, 0.25) is 0 Å². The van der Waals surface area contributed by atoms with E-state index < -0.39 is 0 Å². The molecule has 136 valence electrons. The van der Waals surface area contributed by atoms with Gasteiger partial charge in [-0.3, -0.25) is 9.78 Å². The fourth-order valence-electron chi connectivity index (χ4n) is 2.47. The number of para-hydroxylation sites is 2. The Bertz CT molecular complexity index is 981. The number of hydrogen-bond acceptors (Lipinski definition) is 5. The van der Waals surface area contributed by atoms with Crippen LogP contribution in [0.3, 0.4) is 0 Å². The monoisotopic (exact) mass is 377 g/mol. The number of aromatic nitrogens is 1. The van der Waals surface area contributed by atoms with E-state index in [-0.39, 0.29) is 11.7 Å². The van der Waals surface area contributed by atoms with Crippen LogP contribution >= 0.6 is 11.8 Å². The SMILES string of the molecule is COc1ccccc1/C=C/C=N\NC(=O)CSc1cccc2cccnc12. The smallest absolute Gasteiger partial charge is 0.250 e. The largest absolute Gasteiger partial charge is 0.496 e. The first-order chi connectivity index (χ1) is 13.3. The number of thioether (sulfide) groups is 1. The molecule has 0 atom stereocenters. The van der Waals surface area contributed by atoms with E-state index in [1.54, 1.807) is 19.4 Å². The number of carbonyl (C=O) groups is 1. The number of rotatable bonds is 7. The standard InChI is InChI=1S/C21H19N3O2S/c1-26-18-11-3-2-7-16(18)9-6-14-23-24-20(25)15-27-19-12-4-8-17-10-5-13-22-21(17)19/h2-14H,15H2,1H3,(H,24,25)/b9-6+,23-14-. The normalized spacial score (nSPS) is 11.3. The molecule has 0 aliphatic carbocycles. The second-order valence-corrected chi connectivity index (χ2v) is 6.55. The predicted octanol–water partition coefficient (Wildman–Crippen LogP) is 4.15. The van der Waals surface area contributed by atoms with Gasteiger partial charge in [0, 0.05) is 28.3 Å². The van der Waals surface area contributed by atoms with E-state index in [9.17, 15) is 4.79 Å². The lowest BCUT2D eigenvalue weighted by Gasteiger charge is -2.04. The molecule has 5 nitrogen and oxygen atoms in total. The molecule has 27 heavy (non-hydrogen) atoms. The summed E-state index contributed by atoms with van der Waals surface area (Å²) in [6, 6.07) is 17.5. The van der Waals surface area contributed by atoms with Crippen molar-refractivity contribution < 1.29 is 9.53 Å². The van der Waals surface area contributed by atoms with Gasteiger partial charge in [-0.05, 0) is 30.4 Å². The number of allylic oxidation sites excluding steroid dienone is 1. The number of ether oxygens (including phenoxy) is 1. The summed E-state index contributed by atoms with van der Waals surface area (Å²) in [5.74, 6) is 0.879. The lowest BCUT2D eigenvalue weighted by Crippen LogP contribution is -2.19. The molecule has 0 saturated carbocycles. The molecular weight excluding hydrogens is 358 g/mol. The second kappa shape index (κ2) is 9.54. The highest BCUT2D eigenvalue weighted by Gasteiger charge is 2.05. The molecule has 0 spiro atoms. The van der Waals surface area contributed by atoms with Crippen molar-refractivity contribution in [2.24, 2.45) is 5.10 Å². The van der Waals surface area contributed by atoms with Gasteiger partial charge in [-0.2, -0.15) is 5.10 Å². The highest BCUT2D eigenvalue weighted by Crippen LogP contribution is 2.25. The molecule has 0 aliphatic rings. The molecule has 0 aliphatic heterocycles. The van der Waals surface area contributed by atoms with Crippen molar-refractivity contribution in [3.63, 3.8) is 0 Å². The first-order valence-electron chi connectivity index (χ1n) is 8.36. The topological polar surface area (TPSA) is 63.6 Å². The molecule has 0 radical (unpaired) electrons. The average molecular weight is 377 g/mol. The van der Waals surface area contributed by atoms with Gasteiger partial charge in [-0.15, -0.1) is 11.8 Å². The summed E-state index contributed by atoms with van der Waals surface area (Å²) in [5.41, 5.74) is 4.37. The van der Waals surface area contributed by atoms with E-state index in [0.717, 1.165) is 27.1 Å². The second-order valence-electron chi connectivity index (χ2n) is 5.53. The van der Waals surface area contributed by atoms with Gasteiger partial charge in [-0.1, -0.05) is 36.4 Å². The van der Waals surface area contributed by atoms with E-state index in [1.807, 2.05) is 60.7 Å². The third kappa shape index (κ3) is 5.18. The maximum absolute atomic E-state index is 12.0. The lowest BCUT2D eigenvalue weighted by molar-refractivity contribution is -0.118. The summed E-state index contributed by atoms with van der Waals surface area (Å²) in [7, 11) is 1.63. The molecule has 1 N–H and O–H groups in total. The van der Waals surface area contributed by atoms with Gasteiger partial charge in [0.15, 0.2) is 0 Å². The number of nitrogens with zero attached hydrogens (tertiary/aromatic N) is 2. The number of pyridine rings is 1. The van der Waals surface area contributed by atoms with E-state index in [1.165, 1.54) is 18.0 Å². The Hall–Kier alpha value is -3.12. The van der Waals surface area contributed by atoms with Crippen molar-refractivity contribution in [1.82, 2.24) is 10.4 Å². The van der Waals surface area contributed by atoms with Gasteiger partial charge in [0.1, 0.15) is 5.75 Å². The third-order valence-corrected chi connectivity index (χ3v) is 4.77. The van der Waals surface area contributed by atoms with Crippen LogP contribution in [0.4, 0.5) is 0 Å². The van der Waals surface area contributed by atoms with Crippen LogP contribution in [-0.4, -0.2) is 30.0 Å². The molecular formula is C21H19N3O2S. The number of methoxy groups -OCH3 is 1. The molecule has 0 bridgehead atoms. The van der Waals surface area contributed by atoms with Crippen molar-refractivity contribution in [2.75, 3.05) is 12.9 Å². The molecule has 1 amide bonds. The Kier molecular flexibility index (Phi) is 6.60. The molecule has 1 aromatic heterocycles. The predicted molar refractivity (Wildman–Crippen MR) is 111 cm³/mol. The number of fused-ring (bicyclic) bond motifs is 1. The zero-order valence-corrected chi connectivity index (χ0v) is 15.6. The maximum atomic E-state index is 12.0. The number of hydrazone groups is 1. The van der Waals surface area contributed by atoms with Crippen LogP contribution in [0.5, 0.6) is 5.75 Å². The highest BCUT2D eigenvalue weighted by molar-refractivity contribution is 8.00. The third-order valence-electron chi connectivity index (χ3n) is 3.72. The summed E-state index contributed by atoms with van der Waals surface area (Å²) in [4.78, 5) is 17.3. The van der Waals surface area contributed by atoms with Crippen LogP contribution in [0, 0.1) is 0 Å². The van der Waals surface area contributed by atoms with E-state index in [0.29, 0.717) is 0 Å². The van der Waals surface area contributed by atoms with Gasteiger partial charge in [-0.25, -0.2) is 5.43 Å². The zero-order valence-electron chi connectivity index (χ0n) is 14.8. The van der Waals surface area contributed by atoms with Gasteiger partial charge < -0.3 is 4.74 Å². The van der Waals surface area contributed by atoms with Crippen molar-refractivity contribution in [2.45, 2.75) is 4.90 Å². The van der Waals surface area contributed by atoms with Crippen LogP contribution in [-0.2, 0) is 4.79 Å². The summed E-state index contributed by atoms with van der Waals surface area (Å²) in [6.45, 7) is 0. The minimum Gasteiger partial charge on any atom is -0.496 e. The Morgan fingerprint density at radius 1 is 1.19 bits per heavy atom. The average Bonchev–Trinajstić information content (AvgIpc) is 2.72. The number of benzene rings is 2. The number of amides is 1. The Morgan fingerprint density at radius 2 is 2.04 bits per heavy atom. The van der Waals surface area contributed by atoms with Crippen molar-refractivity contribution in [3.8, 4) is 5.75 Å². The van der Waals surface area contributed by atoms with E-state index in [4.69, 9.17) is 4.74 Å². The molecule has 6 heteroatoms. The number of hydrogen-bond donors (Lipinski definition) is 1. The maximum Gasteiger partial charge on any atom is 0.250 e. The number of nitrogens with one attached hydrogen (secondary N) is 1. The van der Waals surface area contributed by atoms with Crippen LogP contribution in [0.1, 0.15) is 5.56 Å². The molecule has 2 aromatic carbocycles. The van der Waals surface area contributed by atoms with E-state index >= 15 is 0 Å². The van der Waals surface area contributed by atoms with Crippen molar-refractivity contribution >= 4 is 40.9 Å². The molecule has 3 rings (SSSR count). The molecule has 0 unspecified atom stereocenters. The minimum absolute atomic E-state index is 0.171. The van der Waals surface area contributed by atoms with Gasteiger partial charge in [0.2, 0.25) is 5.91 Å². The highest BCUT2D eigenvalue weighted by atomic mass is 32.2. The Balaban J connectivity index is 1.51. The molecule has 0 saturated heterocycles. The van der Waals surface area contributed by atoms with Gasteiger partial charge in [0.05, 0.1) is 18.4 Å². The van der Waals surface area contributed by atoms with Crippen molar-refractivity contribution in [1.29, 1.82) is 0 Å². The summed E-state index contributed by atoms with van der Waals surface area (Å²) in [5, 5.41) is 4.99. The summed E-state index contributed by atoms with van der Waals surface area (Å²) < 4.78 is 5.27. The Labute approximate surface area is 162 Å².